The molecule has 0 aliphatic carbocycles. The summed E-state index contributed by atoms with van der Waals surface area (Å²) in [6.07, 6.45) is 0. The summed E-state index contributed by atoms with van der Waals surface area (Å²) in [5, 5.41) is 9.02. The first-order valence-electron chi connectivity index (χ1n) is 6.49. The molecule has 1 N–H and O–H groups in total. The summed E-state index contributed by atoms with van der Waals surface area (Å²) in [7, 11) is 3.58. The van der Waals surface area contributed by atoms with Gasteiger partial charge in [0.15, 0.2) is 5.78 Å². The van der Waals surface area contributed by atoms with Gasteiger partial charge in [0.25, 0.3) is 0 Å². The number of hydrogen-bond acceptors (Lipinski definition) is 4. The van der Waals surface area contributed by atoms with Gasteiger partial charge in [-0.1, -0.05) is 0 Å². The van der Waals surface area contributed by atoms with Crippen LogP contribution in [0.4, 0.5) is 0 Å². The predicted octanol–water partition coefficient (Wildman–Crippen LogP) is 0.765. The van der Waals surface area contributed by atoms with Gasteiger partial charge in [-0.25, -0.2) is 0 Å². The monoisotopic (exact) mass is 268 g/mol. The van der Waals surface area contributed by atoms with Crippen LogP contribution in [0.1, 0.15) is 21.7 Å². The third kappa shape index (κ3) is 4.16. The van der Waals surface area contributed by atoms with Crippen LogP contribution in [0.2, 0.25) is 0 Å². The van der Waals surface area contributed by atoms with Crippen LogP contribution in [-0.4, -0.2) is 60.3 Å². The lowest BCUT2D eigenvalue weighted by atomic mass is 10.1. The SMILES string of the molecule is COCCN(CCO)CC(=O)c1cc(C)n(C)c1C. The van der Waals surface area contributed by atoms with Gasteiger partial charge < -0.3 is 14.4 Å². The molecule has 0 unspecified atom stereocenters. The Balaban J connectivity index is 2.72. The Morgan fingerprint density at radius 2 is 2.11 bits per heavy atom. The number of aliphatic hydroxyl groups excluding tert-OH is 1. The van der Waals surface area contributed by atoms with E-state index in [1.165, 1.54) is 0 Å². The molecule has 5 heteroatoms. The molecular weight excluding hydrogens is 244 g/mol. The number of nitrogens with zero attached hydrogens (tertiary/aromatic N) is 2. The maximum atomic E-state index is 12.3. The number of ketones is 1. The highest BCUT2D eigenvalue weighted by Crippen LogP contribution is 2.14. The molecule has 0 aliphatic rings. The standard InChI is InChI=1S/C14H24N2O3/c1-11-9-13(12(2)15(11)3)14(18)10-16(5-7-17)6-8-19-4/h9,17H,5-8,10H2,1-4H3. The van der Waals surface area contributed by atoms with Crippen LogP contribution in [0.3, 0.4) is 0 Å². The molecule has 0 saturated heterocycles. The number of carbonyl (C=O) groups excluding carboxylic acids is 1. The van der Waals surface area contributed by atoms with E-state index in [-0.39, 0.29) is 12.4 Å². The van der Waals surface area contributed by atoms with Gasteiger partial charge in [0.05, 0.1) is 19.8 Å². The van der Waals surface area contributed by atoms with Crippen LogP contribution in [-0.2, 0) is 11.8 Å². The molecule has 0 amide bonds. The number of carbonyl (C=O) groups is 1. The number of aliphatic hydroxyl groups is 1. The van der Waals surface area contributed by atoms with Crippen molar-refractivity contribution >= 4 is 5.78 Å². The molecule has 0 aromatic carbocycles. The van der Waals surface area contributed by atoms with Gasteiger partial charge in [0, 0.05) is 44.2 Å². The lowest BCUT2D eigenvalue weighted by molar-refractivity contribution is 0.0868. The summed E-state index contributed by atoms with van der Waals surface area (Å²) in [4.78, 5) is 14.2. The van der Waals surface area contributed by atoms with Gasteiger partial charge in [-0.3, -0.25) is 9.69 Å². The molecule has 19 heavy (non-hydrogen) atoms. The van der Waals surface area contributed by atoms with Crippen molar-refractivity contribution in [1.29, 1.82) is 0 Å². The zero-order valence-corrected chi connectivity index (χ0v) is 12.3. The van der Waals surface area contributed by atoms with Crippen LogP contribution in [0.15, 0.2) is 6.07 Å². The number of aryl methyl sites for hydroxylation is 1. The van der Waals surface area contributed by atoms with E-state index in [2.05, 4.69) is 0 Å². The Kier molecular flexibility index (Phi) is 6.21. The van der Waals surface area contributed by atoms with E-state index >= 15 is 0 Å². The van der Waals surface area contributed by atoms with Crippen molar-refractivity contribution in [3.05, 3.63) is 23.0 Å². The van der Waals surface area contributed by atoms with E-state index in [0.29, 0.717) is 26.2 Å². The molecule has 0 radical (unpaired) electrons. The highest BCUT2D eigenvalue weighted by molar-refractivity contribution is 5.99. The van der Waals surface area contributed by atoms with Crippen LogP contribution in [0, 0.1) is 13.8 Å². The minimum atomic E-state index is 0.0454. The van der Waals surface area contributed by atoms with Crippen molar-refractivity contribution in [3.63, 3.8) is 0 Å². The second kappa shape index (κ2) is 7.43. The van der Waals surface area contributed by atoms with Crippen molar-refractivity contribution < 1.29 is 14.6 Å². The molecule has 1 aromatic heterocycles. The molecular formula is C14H24N2O3. The fourth-order valence-corrected chi connectivity index (χ4v) is 2.06. The fraction of sp³-hybridized carbons (Fsp3) is 0.643. The minimum Gasteiger partial charge on any atom is -0.395 e. The van der Waals surface area contributed by atoms with Crippen molar-refractivity contribution in [1.82, 2.24) is 9.47 Å². The highest BCUT2D eigenvalue weighted by atomic mass is 16.5. The van der Waals surface area contributed by atoms with Crippen molar-refractivity contribution in [2.24, 2.45) is 7.05 Å². The molecule has 0 spiro atoms. The predicted molar refractivity (Wildman–Crippen MR) is 74.6 cm³/mol. The molecule has 108 valence electrons. The van der Waals surface area contributed by atoms with Crippen molar-refractivity contribution in [3.8, 4) is 0 Å². The van der Waals surface area contributed by atoms with E-state index in [0.717, 1.165) is 17.0 Å². The molecule has 5 nitrogen and oxygen atoms in total. The second-order valence-electron chi connectivity index (χ2n) is 4.76. The Labute approximate surface area is 114 Å². The molecule has 0 saturated carbocycles. The summed E-state index contributed by atoms with van der Waals surface area (Å²) < 4.78 is 7.03. The van der Waals surface area contributed by atoms with E-state index in [1.807, 2.05) is 36.4 Å². The Hall–Kier alpha value is -1.17. The molecule has 1 rings (SSSR count). The van der Waals surface area contributed by atoms with E-state index in [4.69, 9.17) is 9.84 Å². The number of methoxy groups -OCH3 is 1. The molecule has 1 heterocycles. The zero-order valence-electron chi connectivity index (χ0n) is 12.3. The quantitative estimate of drug-likeness (QED) is 0.707. The largest absolute Gasteiger partial charge is 0.395 e. The first-order valence-corrected chi connectivity index (χ1v) is 6.49. The molecule has 0 atom stereocenters. The van der Waals surface area contributed by atoms with Gasteiger partial charge in [-0.15, -0.1) is 0 Å². The third-order valence-electron chi connectivity index (χ3n) is 3.47. The Bertz CT molecular complexity index is 427. The number of ether oxygens (including phenoxy) is 1. The fourth-order valence-electron chi connectivity index (χ4n) is 2.06. The van der Waals surface area contributed by atoms with E-state index < -0.39 is 0 Å². The van der Waals surface area contributed by atoms with Gasteiger partial charge in [-0.05, 0) is 19.9 Å². The first-order chi connectivity index (χ1) is 9.01. The van der Waals surface area contributed by atoms with Gasteiger partial charge >= 0.3 is 0 Å². The normalized spacial score (nSPS) is 11.3. The van der Waals surface area contributed by atoms with Crippen molar-refractivity contribution in [2.75, 3.05) is 40.0 Å². The third-order valence-corrected chi connectivity index (χ3v) is 3.47. The molecule has 0 aliphatic heterocycles. The average molecular weight is 268 g/mol. The number of hydrogen-bond donors (Lipinski definition) is 1. The van der Waals surface area contributed by atoms with E-state index in [1.54, 1.807) is 7.11 Å². The van der Waals surface area contributed by atoms with Gasteiger partial charge in [-0.2, -0.15) is 0 Å². The molecule has 1 aromatic rings. The van der Waals surface area contributed by atoms with Gasteiger partial charge in [0.2, 0.25) is 0 Å². The summed E-state index contributed by atoms with van der Waals surface area (Å²) in [6.45, 7) is 5.98. The summed E-state index contributed by atoms with van der Waals surface area (Å²) in [5.74, 6) is 0.0887. The van der Waals surface area contributed by atoms with Crippen LogP contribution >= 0.6 is 0 Å². The first kappa shape index (κ1) is 15.9. The van der Waals surface area contributed by atoms with Crippen molar-refractivity contribution in [2.45, 2.75) is 13.8 Å². The maximum Gasteiger partial charge on any atom is 0.178 e. The number of Topliss-reactive ketones (excluding diaryl/α,β-unsaturated/α-hetero) is 1. The lowest BCUT2D eigenvalue weighted by Crippen LogP contribution is -2.35. The Morgan fingerprint density at radius 3 is 2.58 bits per heavy atom. The topological polar surface area (TPSA) is 54.7 Å². The second-order valence-corrected chi connectivity index (χ2v) is 4.76. The highest BCUT2D eigenvalue weighted by Gasteiger charge is 2.17. The average Bonchev–Trinajstić information content (AvgIpc) is 2.64. The summed E-state index contributed by atoms with van der Waals surface area (Å²) >= 11 is 0. The van der Waals surface area contributed by atoms with E-state index in [9.17, 15) is 4.79 Å². The minimum absolute atomic E-state index is 0.0454. The zero-order chi connectivity index (χ0) is 14.4. The number of aromatic nitrogens is 1. The molecule has 0 fully saturated rings. The summed E-state index contributed by atoms with van der Waals surface area (Å²) in [6, 6.07) is 1.92. The van der Waals surface area contributed by atoms with Gasteiger partial charge in [0.1, 0.15) is 0 Å². The summed E-state index contributed by atoms with van der Waals surface area (Å²) in [5.41, 5.74) is 2.82. The lowest BCUT2D eigenvalue weighted by Gasteiger charge is -2.19. The van der Waals surface area contributed by atoms with Crippen LogP contribution in [0.25, 0.3) is 0 Å². The van der Waals surface area contributed by atoms with Crippen LogP contribution in [0.5, 0.6) is 0 Å². The smallest absolute Gasteiger partial charge is 0.178 e. The number of rotatable bonds is 8. The van der Waals surface area contributed by atoms with Crippen LogP contribution < -0.4 is 0 Å². The maximum absolute atomic E-state index is 12.3. The molecule has 0 bridgehead atoms. The Morgan fingerprint density at radius 1 is 1.42 bits per heavy atom.